The molecule has 0 radical (unpaired) electrons. The largest absolute Gasteiger partial charge is 0.497 e. The van der Waals surface area contributed by atoms with Crippen molar-refractivity contribution < 1.29 is 14.2 Å². The predicted molar refractivity (Wildman–Crippen MR) is 119 cm³/mol. The fourth-order valence-electron chi connectivity index (χ4n) is 3.40. The number of benzene rings is 1. The highest BCUT2D eigenvalue weighted by atomic mass is 16.5. The van der Waals surface area contributed by atoms with Gasteiger partial charge in [0.2, 0.25) is 5.88 Å². The summed E-state index contributed by atoms with van der Waals surface area (Å²) in [6.45, 7) is 5.23. The number of aliphatic imine (C=N–C) groups is 1. The van der Waals surface area contributed by atoms with Gasteiger partial charge in [0.1, 0.15) is 12.4 Å². The lowest BCUT2D eigenvalue weighted by Crippen LogP contribution is -2.52. The molecule has 30 heavy (non-hydrogen) atoms. The molecule has 1 aromatic heterocycles. The van der Waals surface area contributed by atoms with Gasteiger partial charge in [-0.1, -0.05) is 12.1 Å². The molecule has 0 aliphatic carbocycles. The maximum absolute atomic E-state index is 5.72. The summed E-state index contributed by atoms with van der Waals surface area (Å²) in [5.74, 6) is 2.39. The van der Waals surface area contributed by atoms with Crippen LogP contribution in [-0.4, -0.2) is 76.5 Å². The quantitative estimate of drug-likeness (QED) is 0.403. The van der Waals surface area contributed by atoms with Crippen molar-refractivity contribution >= 4 is 11.6 Å². The molecule has 3 rings (SSSR count). The molecule has 8 nitrogen and oxygen atoms in total. The van der Waals surface area contributed by atoms with Crippen molar-refractivity contribution in [3.8, 4) is 11.6 Å². The third-order valence-electron chi connectivity index (χ3n) is 5.02. The molecule has 1 N–H and O–H groups in total. The van der Waals surface area contributed by atoms with E-state index in [1.807, 2.05) is 31.3 Å². The zero-order valence-corrected chi connectivity index (χ0v) is 18.0. The van der Waals surface area contributed by atoms with Gasteiger partial charge in [-0.25, -0.2) is 4.98 Å². The SMILES string of the molecule is CN=C(NCc1cccnc1OCCOC)N1CCN(c2cccc(OC)c2)CC1. The van der Waals surface area contributed by atoms with Gasteiger partial charge in [-0.15, -0.1) is 0 Å². The average Bonchev–Trinajstić information content (AvgIpc) is 2.81. The molecule has 0 amide bonds. The topological polar surface area (TPSA) is 71.5 Å². The van der Waals surface area contributed by atoms with Crippen molar-refractivity contribution in [2.24, 2.45) is 4.99 Å². The molecule has 0 unspecified atom stereocenters. The van der Waals surface area contributed by atoms with E-state index in [0.717, 1.165) is 43.5 Å². The number of nitrogens with one attached hydrogen (secondary N) is 1. The third kappa shape index (κ3) is 5.76. The van der Waals surface area contributed by atoms with Crippen molar-refractivity contribution in [1.82, 2.24) is 15.2 Å². The molecule has 0 atom stereocenters. The molecule has 1 aliphatic heterocycles. The second-order valence-electron chi connectivity index (χ2n) is 6.89. The fourth-order valence-corrected chi connectivity index (χ4v) is 3.40. The summed E-state index contributed by atoms with van der Waals surface area (Å²) < 4.78 is 16.1. The summed E-state index contributed by atoms with van der Waals surface area (Å²) in [5.41, 5.74) is 2.18. The Balaban J connectivity index is 1.54. The van der Waals surface area contributed by atoms with Gasteiger partial charge in [-0.3, -0.25) is 4.99 Å². The first-order valence-electron chi connectivity index (χ1n) is 10.2. The smallest absolute Gasteiger partial charge is 0.218 e. The number of anilines is 1. The van der Waals surface area contributed by atoms with Crippen LogP contribution in [0.5, 0.6) is 11.6 Å². The lowest BCUT2D eigenvalue weighted by atomic mass is 10.2. The van der Waals surface area contributed by atoms with Crippen molar-refractivity contribution in [2.45, 2.75) is 6.54 Å². The van der Waals surface area contributed by atoms with Crippen molar-refractivity contribution in [3.05, 3.63) is 48.2 Å². The summed E-state index contributed by atoms with van der Waals surface area (Å²) >= 11 is 0. The van der Waals surface area contributed by atoms with Crippen LogP contribution in [0.2, 0.25) is 0 Å². The van der Waals surface area contributed by atoms with Gasteiger partial charge in [0.05, 0.1) is 13.7 Å². The summed E-state index contributed by atoms with van der Waals surface area (Å²) in [6, 6.07) is 12.1. The second-order valence-corrected chi connectivity index (χ2v) is 6.89. The van der Waals surface area contributed by atoms with Crippen LogP contribution in [0.25, 0.3) is 0 Å². The highest BCUT2D eigenvalue weighted by molar-refractivity contribution is 5.80. The zero-order valence-electron chi connectivity index (χ0n) is 18.0. The molecule has 1 aromatic carbocycles. The van der Waals surface area contributed by atoms with Gasteiger partial charge in [0.25, 0.3) is 0 Å². The molecular weight excluding hydrogens is 382 g/mol. The number of hydrogen-bond donors (Lipinski definition) is 1. The molecule has 0 bridgehead atoms. The molecule has 2 aromatic rings. The summed E-state index contributed by atoms with van der Waals surface area (Å²) in [6.07, 6.45) is 1.73. The van der Waals surface area contributed by atoms with E-state index in [2.05, 4.69) is 37.2 Å². The Labute approximate surface area is 178 Å². The van der Waals surface area contributed by atoms with E-state index in [1.165, 1.54) is 5.69 Å². The lowest BCUT2D eigenvalue weighted by molar-refractivity contribution is 0.143. The van der Waals surface area contributed by atoms with E-state index in [0.29, 0.717) is 25.6 Å². The molecule has 1 saturated heterocycles. The van der Waals surface area contributed by atoms with Crippen LogP contribution < -0.4 is 19.7 Å². The van der Waals surface area contributed by atoms with E-state index in [1.54, 1.807) is 20.4 Å². The number of methoxy groups -OCH3 is 2. The highest BCUT2D eigenvalue weighted by Gasteiger charge is 2.20. The first-order chi connectivity index (χ1) is 14.7. The van der Waals surface area contributed by atoms with Gasteiger partial charge in [0, 0.05) is 70.4 Å². The van der Waals surface area contributed by atoms with Crippen molar-refractivity contribution in [2.75, 3.05) is 65.6 Å². The fraction of sp³-hybridized carbons (Fsp3) is 0.455. The summed E-state index contributed by atoms with van der Waals surface area (Å²) in [7, 11) is 5.17. The van der Waals surface area contributed by atoms with Crippen LogP contribution in [-0.2, 0) is 11.3 Å². The minimum Gasteiger partial charge on any atom is -0.497 e. The number of hydrogen-bond acceptors (Lipinski definition) is 6. The Morgan fingerprint density at radius 1 is 1.10 bits per heavy atom. The number of piperazine rings is 1. The lowest BCUT2D eigenvalue weighted by Gasteiger charge is -2.37. The Morgan fingerprint density at radius 3 is 2.67 bits per heavy atom. The minimum absolute atomic E-state index is 0.474. The zero-order chi connectivity index (χ0) is 21.2. The highest BCUT2D eigenvalue weighted by Crippen LogP contribution is 2.22. The molecule has 0 spiro atoms. The number of ether oxygens (including phenoxy) is 3. The van der Waals surface area contributed by atoms with E-state index in [4.69, 9.17) is 14.2 Å². The van der Waals surface area contributed by atoms with Gasteiger partial charge < -0.3 is 29.3 Å². The summed E-state index contributed by atoms with van der Waals surface area (Å²) in [5, 5.41) is 3.45. The number of rotatable bonds is 8. The number of aromatic nitrogens is 1. The molecule has 1 aliphatic rings. The maximum Gasteiger partial charge on any atom is 0.218 e. The molecule has 162 valence electrons. The van der Waals surface area contributed by atoms with Crippen LogP contribution in [0.3, 0.4) is 0 Å². The average molecular weight is 414 g/mol. The van der Waals surface area contributed by atoms with Crippen LogP contribution in [0.4, 0.5) is 5.69 Å². The maximum atomic E-state index is 5.72. The van der Waals surface area contributed by atoms with E-state index in [-0.39, 0.29) is 0 Å². The van der Waals surface area contributed by atoms with E-state index >= 15 is 0 Å². The Bertz CT molecular complexity index is 822. The van der Waals surface area contributed by atoms with Crippen LogP contribution in [0.15, 0.2) is 47.6 Å². The van der Waals surface area contributed by atoms with Gasteiger partial charge >= 0.3 is 0 Å². The molecule has 8 heteroatoms. The molecule has 1 fully saturated rings. The Kier molecular flexibility index (Phi) is 8.14. The van der Waals surface area contributed by atoms with Gasteiger partial charge in [0.15, 0.2) is 5.96 Å². The monoisotopic (exact) mass is 413 g/mol. The number of nitrogens with zero attached hydrogens (tertiary/aromatic N) is 4. The normalized spacial score (nSPS) is 14.6. The second kappa shape index (κ2) is 11.3. The first-order valence-corrected chi connectivity index (χ1v) is 10.2. The first kappa shape index (κ1) is 21.7. The molecule has 2 heterocycles. The molecule has 0 saturated carbocycles. The standard InChI is InChI=1S/C22H31N5O3/c1-23-22(25-17-18-6-5-9-24-21(18)30-15-14-28-2)27-12-10-26(11-13-27)19-7-4-8-20(16-19)29-3/h4-9,16H,10-15,17H2,1-3H3,(H,23,25). The molecular formula is C22H31N5O3. The third-order valence-corrected chi connectivity index (χ3v) is 5.02. The van der Waals surface area contributed by atoms with Crippen LogP contribution >= 0.6 is 0 Å². The van der Waals surface area contributed by atoms with E-state index < -0.39 is 0 Å². The number of guanidine groups is 1. The van der Waals surface area contributed by atoms with Crippen LogP contribution in [0, 0.1) is 0 Å². The van der Waals surface area contributed by atoms with E-state index in [9.17, 15) is 0 Å². The minimum atomic E-state index is 0.474. The Morgan fingerprint density at radius 2 is 1.93 bits per heavy atom. The van der Waals surface area contributed by atoms with Gasteiger partial charge in [-0.2, -0.15) is 0 Å². The predicted octanol–water partition coefficient (Wildman–Crippen LogP) is 2.01. The summed E-state index contributed by atoms with van der Waals surface area (Å²) in [4.78, 5) is 13.5. The van der Waals surface area contributed by atoms with Crippen LogP contribution in [0.1, 0.15) is 5.56 Å². The Hall–Kier alpha value is -3.00. The van der Waals surface area contributed by atoms with Crippen molar-refractivity contribution in [3.63, 3.8) is 0 Å². The number of pyridine rings is 1. The van der Waals surface area contributed by atoms with Crippen molar-refractivity contribution in [1.29, 1.82) is 0 Å². The van der Waals surface area contributed by atoms with Gasteiger partial charge in [-0.05, 0) is 18.2 Å².